The van der Waals surface area contributed by atoms with E-state index in [2.05, 4.69) is 13.8 Å². The molecule has 1 saturated heterocycles. The molecule has 1 unspecified atom stereocenters. The van der Waals surface area contributed by atoms with Crippen LogP contribution >= 0.6 is 11.6 Å². The van der Waals surface area contributed by atoms with Crippen LogP contribution in [0.15, 0.2) is 0 Å². The third-order valence-corrected chi connectivity index (χ3v) is 3.67. The minimum absolute atomic E-state index is 0.236. The van der Waals surface area contributed by atoms with Gasteiger partial charge in [-0.25, -0.2) is 0 Å². The van der Waals surface area contributed by atoms with E-state index in [0.717, 1.165) is 44.7 Å². The van der Waals surface area contributed by atoms with Gasteiger partial charge in [-0.15, -0.1) is 11.6 Å². The maximum Gasteiger partial charge on any atom is 0.225 e. The van der Waals surface area contributed by atoms with Crippen LogP contribution in [0.1, 0.15) is 39.5 Å². The summed E-state index contributed by atoms with van der Waals surface area (Å²) in [5.41, 5.74) is 0. The molecule has 15 heavy (non-hydrogen) atoms. The first-order valence-corrected chi connectivity index (χ1v) is 6.61. The Balaban J connectivity index is 2.42. The average Bonchev–Trinajstić information content (AvgIpc) is 2.68. The summed E-state index contributed by atoms with van der Waals surface area (Å²) in [5.74, 6) is 1.95. The van der Waals surface area contributed by atoms with Crippen molar-refractivity contribution in [3.63, 3.8) is 0 Å². The standard InChI is InChI=1S/C12H22ClNO/c1-3-11(4-2)12(15)14-8-6-10(9-14)5-7-13/h10-11H,3-9H2,1-2H3. The van der Waals surface area contributed by atoms with Crippen molar-refractivity contribution >= 4 is 17.5 Å². The lowest BCUT2D eigenvalue weighted by molar-refractivity contribution is -0.134. The van der Waals surface area contributed by atoms with Crippen molar-refractivity contribution in [1.82, 2.24) is 4.90 Å². The number of halogens is 1. The molecule has 0 spiro atoms. The minimum atomic E-state index is 0.236. The number of amides is 1. The molecule has 0 saturated carbocycles. The lowest BCUT2D eigenvalue weighted by Crippen LogP contribution is -2.34. The minimum Gasteiger partial charge on any atom is -0.342 e. The molecular formula is C12H22ClNO. The summed E-state index contributed by atoms with van der Waals surface area (Å²) in [6, 6.07) is 0. The zero-order valence-electron chi connectivity index (χ0n) is 9.84. The molecule has 1 aliphatic rings. The van der Waals surface area contributed by atoms with Gasteiger partial charge >= 0.3 is 0 Å². The van der Waals surface area contributed by atoms with Crippen LogP contribution < -0.4 is 0 Å². The maximum atomic E-state index is 12.1. The predicted octanol–water partition coefficient (Wildman–Crippen LogP) is 2.90. The van der Waals surface area contributed by atoms with Gasteiger partial charge < -0.3 is 4.90 Å². The van der Waals surface area contributed by atoms with Crippen molar-refractivity contribution in [2.24, 2.45) is 11.8 Å². The first-order chi connectivity index (χ1) is 7.22. The Bertz CT molecular complexity index is 204. The first kappa shape index (κ1) is 12.8. The number of hydrogen-bond donors (Lipinski definition) is 0. The van der Waals surface area contributed by atoms with Gasteiger partial charge in [-0.05, 0) is 31.6 Å². The van der Waals surface area contributed by atoms with E-state index in [4.69, 9.17) is 11.6 Å². The van der Waals surface area contributed by atoms with E-state index in [9.17, 15) is 4.79 Å². The summed E-state index contributed by atoms with van der Waals surface area (Å²) in [4.78, 5) is 14.1. The van der Waals surface area contributed by atoms with Crippen LogP contribution in [0.5, 0.6) is 0 Å². The normalized spacial score (nSPS) is 21.3. The van der Waals surface area contributed by atoms with Crippen molar-refractivity contribution in [2.45, 2.75) is 39.5 Å². The Kier molecular flexibility index (Phi) is 5.44. The molecule has 1 heterocycles. The van der Waals surface area contributed by atoms with E-state index < -0.39 is 0 Å². The Morgan fingerprint density at radius 1 is 1.47 bits per heavy atom. The Labute approximate surface area is 98.0 Å². The lowest BCUT2D eigenvalue weighted by Gasteiger charge is -2.21. The molecule has 1 atom stereocenters. The molecule has 0 bridgehead atoms. The largest absolute Gasteiger partial charge is 0.342 e. The topological polar surface area (TPSA) is 20.3 Å². The molecule has 3 heteroatoms. The van der Waals surface area contributed by atoms with Gasteiger partial charge in [0.1, 0.15) is 0 Å². The van der Waals surface area contributed by atoms with Gasteiger partial charge in [0.25, 0.3) is 0 Å². The summed E-state index contributed by atoms with van der Waals surface area (Å²) in [5, 5.41) is 0. The van der Waals surface area contributed by atoms with Crippen molar-refractivity contribution in [3.05, 3.63) is 0 Å². The fourth-order valence-corrected chi connectivity index (χ4v) is 2.63. The van der Waals surface area contributed by atoms with Gasteiger partial charge in [-0.1, -0.05) is 13.8 Å². The summed E-state index contributed by atoms with van der Waals surface area (Å²) in [7, 11) is 0. The second kappa shape index (κ2) is 6.37. The predicted molar refractivity (Wildman–Crippen MR) is 64.1 cm³/mol. The highest BCUT2D eigenvalue weighted by molar-refractivity contribution is 6.17. The second-order valence-electron chi connectivity index (χ2n) is 4.43. The van der Waals surface area contributed by atoms with Gasteiger partial charge in [-0.3, -0.25) is 4.79 Å². The van der Waals surface area contributed by atoms with Crippen molar-refractivity contribution in [1.29, 1.82) is 0 Å². The van der Waals surface area contributed by atoms with Crippen LogP contribution in [0, 0.1) is 11.8 Å². The number of hydrogen-bond acceptors (Lipinski definition) is 1. The molecule has 0 radical (unpaired) electrons. The summed E-state index contributed by atoms with van der Waals surface area (Å²) in [6.45, 7) is 6.07. The molecule has 0 N–H and O–H groups in total. The van der Waals surface area contributed by atoms with Crippen LogP contribution in [0.25, 0.3) is 0 Å². The van der Waals surface area contributed by atoms with Gasteiger partial charge in [0.2, 0.25) is 5.91 Å². The highest BCUT2D eigenvalue weighted by Crippen LogP contribution is 2.23. The van der Waals surface area contributed by atoms with E-state index in [-0.39, 0.29) is 5.92 Å². The smallest absolute Gasteiger partial charge is 0.225 e. The van der Waals surface area contributed by atoms with E-state index in [1.807, 2.05) is 4.90 Å². The second-order valence-corrected chi connectivity index (χ2v) is 4.81. The summed E-state index contributed by atoms with van der Waals surface area (Å²) >= 11 is 5.72. The molecule has 1 amide bonds. The van der Waals surface area contributed by atoms with E-state index >= 15 is 0 Å². The molecule has 0 aromatic heterocycles. The first-order valence-electron chi connectivity index (χ1n) is 6.07. The van der Waals surface area contributed by atoms with E-state index in [1.165, 1.54) is 0 Å². The molecule has 0 aliphatic carbocycles. The van der Waals surface area contributed by atoms with Crippen LogP contribution in [0.2, 0.25) is 0 Å². The zero-order valence-corrected chi connectivity index (χ0v) is 10.6. The van der Waals surface area contributed by atoms with Crippen LogP contribution in [0.3, 0.4) is 0 Å². The highest BCUT2D eigenvalue weighted by atomic mass is 35.5. The lowest BCUT2D eigenvalue weighted by atomic mass is 10.0. The third-order valence-electron chi connectivity index (χ3n) is 3.45. The fraction of sp³-hybridized carbons (Fsp3) is 0.917. The molecule has 1 rings (SSSR count). The van der Waals surface area contributed by atoms with Gasteiger partial charge in [0, 0.05) is 24.9 Å². The van der Waals surface area contributed by atoms with Crippen molar-refractivity contribution < 1.29 is 4.79 Å². The third kappa shape index (κ3) is 3.37. The number of alkyl halides is 1. The van der Waals surface area contributed by atoms with E-state index in [1.54, 1.807) is 0 Å². The van der Waals surface area contributed by atoms with Crippen molar-refractivity contribution in [2.75, 3.05) is 19.0 Å². The number of carbonyl (C=O) groups is 1. The van der Waals surface area contributed by atoms with Crippen LogP contribution in [-0.2, 0) is 4.79 Å². The average molecular weight is 232 g/mol. The quantitative estimate of drug-likeness (QED) is 0.667. The fourth-order valence-electron chi connectivity index (χ4n) is 2.32. The number of likely N-dealkylation sites (tertiary alicyclic amines) is 1. The Morgan fingerprint density at radius 3 is 2.67 bits per heavy atom. The number of rotatable bonds is 5. The monoisotopic (exact) mass is 231 g/mol. The molecule has 0 aromatic rings. The van der Waals surface area contributed by atoms with E-state index in [0.29, 0.717) is 11.8 Å². The molecule has 0 aromatic carbocycles. The number of carbonyl (C=O) groups excluding carboxylic acids is 1. The molecular weight excluding hydrogens is 210 g/mol. The van der Waals surface area contributed by atoms with Crippen LogP contribution in [0.4, 0.5) is 0 Å². The summed E-state index contributed by atoms with van der Waals surface area (Å²) in [6.07, 6.45) is 4.12. The number of nitrogens with zero attached hydrogens (tertiary/aromatic N) is 1. The van der Waals surface area contributed by atoms with Gasteiger partial charge in [0.05, 0.1) is 0 Å². The molecule has 1 aliphatic heterocycles. The molecule has 2 nitrogen and oxygen atoms in total. The molecule has 1 fully saturated rings. The highest BCUT2D eigenvalue weighted by Gasteiger charge is 2.28. The Hall–Kier alpha value is -0.240. The maximum absolute atomic E-state index is 12.1. The van der Waals surface area contributed by atoms with Crippen LogP contribution in [-0.4, -0.2) is 29.8 Å². The SMILES string of the molecule is CCC(CC)C(=O)N1CCC(CCCl)C1. The Morgan fingerprint density at radius 2 is 2.13 bits per heavy atom. The van der Waals surface area contributed by atoms with Gasteiger partial charge in [-0.2, -0.15) is 0 Å². The zero-order chi connectivity index (χ0) is 11.3. The van der Waals surface area contributed by atoms with Crippen molar-refractivity contribution in [3.8, 4) is 0 Å². The molecule has 88 valence electrons. The summed E-state index contributed by atoms with van der Waals surface area (Å²) < 4.78 is 0. The van der Waals surface area contributed by atoms with Gasteiger partial charge in [0.15, 0.2) is 0 Å².